The Morgan fingerprint density at radius 3 is 2.90 bits per heavy atom. The smallest absolute Gasteiger partial charge is 0.222 e. The lowest BCUT2D eigenvalue weighted by atomic mass is 10.1. The Hall–Kier alpha value is -1.58. The van der Waals surface area contributed by atoms with Gasteiger partial charge in [-0.3, -0.25) is 0 Å². The predicted octanol–water partition coefficient (Wildman–Crippen LogP) is 3.97. The molecule has 0 spiro atoms. The second kappa shape index (κ2) is 6.92. The number of rotatable bonds is 5. The SMILES string of the molecule is CCC/C=C/c1nc(NC2CCCC2)c2c(n1)OCCC2. The number of anilines is 1. The fourth-order valence-electron chi connectivity index (χ4n) is 3.06. The minimum Gasteiger partial charge on any atom is -0.477 e. The lowest BCUT2D eigenvalue weighted by Gasteiger charge is -2.22. The van der Waals surface area contributed by atoms with Crippen molar-refractivity contribution < 1.29 is 4.74 Å². The highest BCUT2D eigenvalue weighted by Gasteiger charge is 2.22. The van der Waals surface area contributed by atoms with E-state index in [9.17, 15) is 0 Å². The van der Waals surface area contributed by atoms with Crippen LogP contribution in [0.5, 0.6) is 5.88 Å². The van der Waals surface area contributed by atoms with Crippen LogP contribution in [0.15, 0.2) is 6.08 Å². The van der Waals surface area contributed by atoms with Crippen LogP contribution in [0.4, 0.5) is 5.82 Å². The summed E-state index contributed by atoms with van der Waals surface area (Å²) in [7, 11) is 0. The quantitative estimate of drug-likeness (QED) is 0.890. The molecule has 2 aliphatic rings. The molecule has 1 fully saturated rings. The second-order valence-corrected chi connectivity index (χ2v) is 5.98. The third kappa shape index (κ3) is 3.55. The molecule has 21 heavy (non-hydrogen) atoms. The Morgan fingerprint density at radius 2 is 2.10 bits per heavy atom. The maximum Gasteiger partial charge on any atom is 0.222 e. The van der Waals surface area contributed by atoms with Gasteiger partial charge in [0.25, 0.3) is 0 Å². The molecule has 2 heterocycles. The standard InChI is InChI=1S/C17H25N3O/c1-2-3-4-11-15-19-16(18-13-8-5-6-9-13)14-10-7-12-21-17(14)20-15/h4,11,13H,2-3,5-10,12H2,1H3,(H,18,19,20)/b11-4+. The number of ether oxygens (including phenoxy) is 1. The lowest BCUT2D eigenvalue weighted by Crippen LogP contribution is -2.20. The normalized spacial score (nSPS) is 18.7. The molecule has 4 nitrogen and oxygen atoms in total. The van der Waals surface area contributed by atoms with Crippen LogP contribution in [0.3, 0.4) is 0 Å². The van der Waals surface area contributed by atoms with Gasteiger partial charge in [-0.05, 0) is 38.2 Å². The average molecular weight is 287 g/mol. The molecule has 1 aromatic rings. The van der Waals surface area contributed by atoms with Gasteiger partial charge in [-0.25, -0.2) is 4.98 Å². The summed E-state index contributed by atoms with van der Waals surface area (Å²) in [5.74, 6) is 2.56. The van der Waals surface area contributed by atoms with Crippen LogP contribution in [0.1, 0.15) is 63.3 Å². The molecule has 0 unspecified atom stereocenters. The van der Waals surface area contributed by atoms with E-state index in [1.165, 1.54) is 31.2 Å². The van der Waals surface area contributed by atoms with Crippen LogP contribution < -0.4 is 10.1 Å². The molecule has 3 rings (SSSR count). The molecular weight excluding hydrogens is 262 g/mol. The molecule has 1 aliphatic carbocycles. The maximum absolute atomic E-state index is 5.75. The first-order valence-corrected chi connectivity index (χ1v) is 8.33. The van der Waals surface area contributed by atoms with Gasteiger partial charge in [-0.1, -0.05) is 32.3 Å². The van der Waals surface area contributed by atoms with Crippen molar-refractivity contribution in [1.82, 2.24) is 9.97 Å². The molecule has 1 N–H and O–H groups in total. The molecule has 0 atom stereocenters. The van der Waals surface area contributed by atoms with Crippen LogP contribution in [-0.2, 0) is 6.42 Å². The van der Waals surface area contributed by atoms with Gasteiger partial charge < -0.3 is 10.1 Å². The van der Waals surface area contributed by atoms with E-state index in [-0.39, 0.29) is 0 Å². The highest BCUT2D eigenvalue weighted by Crippen LogP contribution is 2.31. The van der Waals surface area contributed by atoms with Crippen LogP contribution in [-0.4, -0.2) is 22.6 Å². The zero-order valence-electron chi connectivity index (χ0n) is 12.9. The van der Waals surface area contributed by atoms with Crippen LogP contribution in [0.25, 0.3) is 6.08 Å². The van der Waals surface area contributed by atoms with Gasteiger partial charge in [0.2, 0.25) is 5.88 Å². The molecule has 0 aromatic carbocycles. The Morgan fingerprint density at radius 1 is 1.24 bits per heavy atom. The van der Waals surface area contributed by atoms with Gasteiger partial charge in [0.05, 0.1) is 12.2 Å². The summed E-state index contributed by atoms with van der Waals surface area (Å²) in [6.45, 7) is 2.94. The number of hydrogen-bond acceptors (Lipinski definition) is 4. The van der Waals surface area contributed by atoms with Crippen molar-refractivity contribution in [1.29, 1.82) is 0 Å². The summed E-state index contributed by atoms with van der Waals surface area (Å²) in [6, 6.07) is 0.568. The summed E-state index contributed by atoms with van der Waals surface area (Å²) >= 11 is 0. The highest BCUT2D eigenvalue weighted by atomic mass is 16.5. The van der Waals surface area contributed by atoms with Gasteiger partial charge in [0.1, 0.15) is 5.82 Å². The van der Waals surface area contributed by atoms with E-state index in [1.54, 1.807) is 0 Å². The van der Waals surface area contributed by atoms with Crippen molar-refractivity contribution in [3.63, 3.8) is 0 Å². The predicted molar refractivity (Wildman–Crippen MR) is 85.7 cm³/mol. The van der Waals surface area contributed by atoms with E-state index in [0.717, 1.165) is 49.8 Å². The molecule has 1 saturated carbocycles. The maximum atomic E-state index is 5.75. The topological polar surface area (TPSA) is 47.0 Å². The molecule has 0 saturated heterocycles. The number of fused-ring (bicyclic) bond motifs is 1. The molecule has 0 radical (unpaired) electrons. The largest absolute Gasteiger partial charge is 0.477 e. The summed E-state index contributed by atoms with van der Waals surface area (Å²) in [5.41, 5.74) is 1.17. The zero-order chi connectivity index (χ0) is 14.5. The van der Waals surface area contributed by atoms with Gasteiger partial charge >= 0.3 is 0 Å². The zero-order valence-corrected chi connectivity index (χ0v) is 12.9. The minimum atomic E-state index is 0.568. The number of nitrogens with one attached hydrogen (secondary N) is 1. The first-order chi connectivity index (χ1) is 10.4. The third-order valence-corrected chi connectivity index (χ3v) is 4.21. The van der Waals surface area contributed by atoms with Crippen LogP contribution in [0, 0.1) is 0 Å². The van der Waals surface area contributed by atoms with Crippen molar-refractivity contribution in [2.75, 3.05) is 11.9 Å². The molecule has 0 bridgehead atoms. The van der Waals surface area contributed by atoms with E-state index >= 15 is 0 Å². The van der Waals surface area contributed by atoms with Gasteiger partial charge in [-0.15, -0.1) is 0 Å². The highest BCUT2D eigenvalue weighted by molar-refractivity contribution is 5.55. The molecule has 1 aromatic heterocycles. The monoisotopic (exact) mass is 287 g/mol. The van der Waals surface area contributed by atoms with E-state index in [1.807, 2.05) is 6.08 Å². The lowest BCUT2D eigenvalue weighted by molar-refractivity contribution is 0.275. The number of hydrogen-bond donors (Lipinski definition) is 1. The summed E-state index contributed by atoms with van der Waals surface area (Å²) < 4.78 is 5.75. The van der Waals surface area contributed by atoms with E-state index in [0.29, 0.717) is 6.04 Å². The number of aromatic nitrogens is 2. The van der Waals surface area contributed by atoms with E-state index in [2.05, 4.69) is 23.3 Å². The molecule has 4 heteroatoms. The fraction of sp³-hybridized carbons (Fsp3) is 0.647. The Kier molecular flexibility index (Phi) is 4.73. The van der Waals surface area contributed by atoms with Crippen LogP contribution in [0.2, 0.25) is 0 Å². The Labute approximate surface area is 127 Å². The third-order valence-electron chi connectivity index (χ3n) is 4.21. The minimum absolute atomic E-state index is 0.568. The average Bonchev–Trinajstić information content (AvgIpc) is 3.01. The van der Waals surface area contributed by atoms with E-state index < -0.39 is 0 Å². The van der Waals surface area contributed by atoms with Gasteiger partial charge in [0, 0.05) is 6.04 Å². The van der Waals surface area contributed by atoms with Crippen molar-refractivity contribution in [3.8, 4) is 5.88 Å². The summed E-state index contributed by atoms with van der Waals surface area (Å²) in [6.07, 6.45) is 13.6. The molecule has 114 valence electrons. The second-order valence-electron chi connectivity index (χ2n) is 5.98. The van der Waals surface area contributed by atoms with Gasteiger partial charge in [0.15, 0.2) is 5.82 Å². The van der Waals surface area contributed by atoms with Crippen molar-refractivity contribution in [3.05, 3.63) is 17.5 Å². The molecule has 1 aliphatic heterocycles. The first-order valence-electron chi connectivity index (χ1n) is 8.33. The van der Waals surface area contributed by atoms with Crippen molar-refractivity contribution in [2.24, 2.45) is 0 Å². The first kappa shape index (κ1) is 14.4. The van der Waals surface area contributed by atoms with E-state index in [4.69, 9.17) is 9.72 Å². The van der Waals surface area contributed by atoms with Crippen molar-refractivity contribution in [2.45, 2.75) is 64.3 Å². The fourth-order valence-corrected chi connectivity index (χ4v) is 3.06. The van der Waals surface area contributed by atoms with Gasteiger partial charge in [-0.2, -0.15) is 4.98 Å². The molecular formula is C17H25N3O. The molecule has 0 amide bonds. The van der Waals surface area contributed by atoms with Crippen molar-refractivity contribution >= 4 is 11.9 Å². The number of unbranched alkanes of at least 4 members (excludes halogenated alkanes) is 1. The Balaban J connectivity index is 1.85. The number of nitrogens with zero attached hydrogens (tertiary/aromatic N) is 2. The summed E-state index contributed by atoms with van der Waals surface area (Å²) in [4.78, 5) is 9.29. The van der Waals surface area contributed by atoms with Crippen LogP contribution >= 0.6 is 0 Å². The summed E-state index contributed by atoms with van der Waals surface area (Å²) in [5, 5.41) is 3.63. The Bertz CT molecular complexity index is 507. The number of allylic oxidation sites excluding steroid dienone is 1.